The lowest BCUT2D eigenvalue weighted by Crippen LogP contribution is -2.08. The molecule has 5 nitrogen and oxygen atoms in total. The molecule has 0 radical (unpaired) electrons. The standard InChI is InChI=1S/C21H20ClN5/c1-14-17(22)6-4-8-18(14)26-20-10-12-24-21(27-20)23-11-9-15-13-25-19-7-3-2-5-16(15)19/h2-8,10,12-13,25H,9,11H2,1H3,(H2,23,24,26,27). The third kappa shape index (κ3) is 3.88. The molecule has 0 bridgehead atoms. The summed E-state index contributed by atoms with van der Waals surface area (Å²) < 4.78 is 0. The van der Waals surface area contributed by atoms with Crippen molar-refractivity contribution < 1.29 is 0 Å². The molecule has 6 heteroatoms. The number of nitrogens with one attached hydrogen (secondary N) is 3. The summed E-state index contributed by atoms with van der Waals surface area (Å²) in [4.78, 5) is 12.1. The number of nitrogens with zero attached hydrogens (tertiary/aromatic N) is 2. The van der Waals surface area contributed by atoms with Crippen LogP contribution in [-0.4, -0.2) is 21.5 Å². The predicted molar refractivity (Wildman–Crippen MR) is 112 cm³/mol. The summed E-state index contributed by atoms with van der Waals surface area (Å²) in [6, 6.07) is 15.9. The van der Waals surface area contributed by atoms with Gasteiger partial charge in [-0.05, 0) is 48.7 Å². The summed E-state index contributed by atoms with van der Waals surface area (Å²) in [6.45, 7) is 2.73. The maximum Gasteiger partial charge on any atom is 0.224 e. The summed E-state index contributed by atoms with van der Waals surface area (Å²) in [5.41, 5.74) is 4.37. The Morgan fingerprint density at radius 1 is 1.07 bits per heavy atom. The molecular weight excluding hydrogens is 358 g/mol. The lowest BCUT2D eigenvalue weighted by Gasteiger charge is -2.11. The zero-order chi connectivity index (χ0) is 18.6. The van der Waals surface area contributed by atoms with Crippen LogP contribution in [0.25, 0.3) is 10.9 Å². The van der Waals surface area contributed by atoms with Gasteiger partial charge >= 0.3 is 0 Å². The van der Waals surface area contributed by atoms with E-state index < -0.39 is 0 Å². The Balaban J connectivity index is 1.41. The van der Waals surface area contributed by atoms with Gasteiger partial charge in [-0.3, -0.25) is 0 Å². The van der Waals surface area contributed by atoms with Gasteiger partial charge in [-0.1, -0.05) is 35.9 Å². The van der Waals surface area contributed by atoms with Crippen LogP contribution in [0.2, 0.25) is 5.02 Å². The molecule has 0 amide bonds. The first-order chi connectivity index (χ1) is 13.2. The Kier molecular flexibility index (Phi) is 4.94. The molecule has 0 saturated carbocycles. The Hall–Kier alpha value is -3.05. The van der Waals surface area contributed by atoms with Gasteiger partial charge in [-0.15, -0.1) is 0 Å². The van der Waals surface area contributed by atoms with Crippen LogP contribution in [0.5, 0.6) is 0 Å². The van der Waals surface area contributed by atoms with Crippen molar-refractivity contribution in [3.05, 3.63) is 77.1 Å². The largest absolute Gasteiger partial charge is 0.361 e. The van der Waals surface area contributed by atoms with Crippen LogP contribution in [0.4, 0.5) is 17.5 Å². The number of fused-ring (bicyclic) bond motifs is 1. The van der Waals surface area contributed by atoms with Gasteiger partial charge in [-0.25, -0.2) is 4.98 Å². The first-order valence-corrected chi connectivity index (χ1v) is 9.22. The molecule has 0 aliphatic heterocycles. The number of aromatic nitrogens is 3. The molecule has 0 saturated heterocycles. The average molecular weight is 378 g/mol. The van der Waals surface area contributed by atoms with Crippen LogP contribution in [0.3, 0.4) is 0 Å². The molecule has 0 atom stereocenters. The first kappa shape index (κ1) is 17.4. The molecule has 2 heterocycles. The second-order valence-electron chi connectivity index (χ2n) is 6.34. The summed E-state index contributed by atoms with van der Waals surface area (Å²) >= 11 is 6.18. The second-order valence-corrected chi connectivity index (χ2v) is 6.75. The van der Waals surface area contributed by atoms with Gasteiger partial charge in [-0.2, -0.15) is 4.98 Å². The number of para-hydroxylation sites is 1. The van der Waals surface area contributed by atoms with Crippen molar-refractivity contribution in [2.24, 2.45) is 0 Å². The highest BCUT2D eigenvalue weighted by Gasteiger charge is 2.06. The SMILES string of the molecule is Cc1c(Cl)cccc1Nc1ccnc(NCCc2c[nH]c3ccccc23)n1. The van der Waals surface area contributed by atoms with Crippen molar-refractivity contribution in [2.45, 2.75) is 13.3 Å². The van der Waals surface area contributed by atoms with Crippen LogP contribution < -0.4 is 10.6 Å². The normalized spacial score (nSPS) is 10.9. The molecule has 3 N–H and O–H groups in total. The van der Waals surface area contributed by atoms with Crippen molar-refractivity contribution in [1.29, 1.82) is 0 Å². The number of benzene rings is 2. The molecule has 0 spiro atoms. The summed E-state index contributed by atoms with van der Waals surface area (Å²) in [5, 5.41) is 8.58. The second kappa shape index (κ2) is 7.68. The van der Waals surface area contributed by atoms with E-state index in [1.165, 1.54) is 10.9 Å². The van der Waals surface area contributed by atoms with Crippen molar-refractivity contribution in [3.8, 4) is 0 Å². The van der Waals surface area contributed by atoms with E-state index in [0.29, 0.717) is 5.95 Å². The lowest BCUT2D eigenvalue weighted by molar-refractivity contribution is 0.991. The fourth-order valence-corrected chi connectivity index (χ4v) is 3.22. The molecule has 27 heavy (non-hydrogen) atoms. The van der Waals surface area contributed by atoms with Crippen molar-refractivity contribution in [2.75, 3.05) is 17.2 Å². The monoisotopic (exact) mass is 377 g/mol. The number of rotatable bonds is 6. The highest BCUT2D eigenvalue weighted by molar-refractivity contribution is 6.31. The number of aromatic amines is 1. The molecule has 0 fully saturated rings. The number of anilines is 3. The van der Waals surface area contributed by atoms with Crippen LogP contribution in [0, 0.1) is 6.92 Å². The molecule has 0 aliphatic carbocycles. The van der Waals surface area contributed by atoms with Gasteiger partial charge in [0.2, 0.25) is 5.95 Å². The minimum atomic E-state index is 0.597. The van der Waals surface area contributed by atoms with Crippen molar-refractivity contribution >= 4 is 40.0 Å². The van der Waals surface area contributed by atoms with Gasteiger partial charge in [0.1, 0.15) is 5.82 Å². The molecule has 4 aromatic rings. The maximum absolute atomic E-state index is 6.18. The molecule has 0 unspecified atom stereocenters. The van der Waals surface area contributed by atoms with Crippen LogP contribution in [0.1, 0.15) is 11.1 Å². The van der Waals surface area contributed by atoms with Gasteiger partial charge in [0, 0.05) is 40.6 Å². The highest BCUT2D eigenvalue weighted by atomic mass is 35.5. The zero-order valence-corrected chi connectivity index (χ0v) is 15.7. The Morgan fingerprint density at radius 2 is 1.96 bits per heavy atom. The van der Waals surface area contributed by atoms with Gasteiger partial charge in [0.15, 0.2) is 0 Å². The van der Waals surface area contributed by atoms with Gasteiger partial charge < -0.3 is 15.6 Å². The summed E-state index contributed by atoms with van der Waals surface area (Å²) in [5.74, 6) is 1.32. The van der Waals surface area contributed by atoms with Crippen LogP contribution in [0.15, 0.2) is 60.9 Å². The summed E-state index contributed by atoms with van der Waals surface area (Å²) in [7, 11) is 0. The highest BCUT2D eigenvalue weighted by Crippen LogP contribution is 2.25. The Bertz CT molecular complexity index is 1070. The quantitative estimate of drug-likeness (QED) is 0.425. The number of halogens is 1. The zero-order valence-electron chi connectivity index (χ0n) is 15.0. The van der Waals surface area contributed by atoms with E-state index in [0.717, 1.165) is 40.6 Å². The number of hydrogen-bond donors (Lipinski definition) is 3. The lowest BCUT2D eigenvalue weighted by atomic mass is 10.1. The van der Waals surface area contributed by atoms with E-state index in [2.05, 4.69) is 50.0 Å². The van der Waals surface area contributed by atoms with E-state index in [-0.39, 0.29) is 0 Å². The number of H-pyrrole nitrogens is 1. The molecule has 2 aromatic heterocycles. The predicted octanol–water partition coefficient (Wildman–Crippen LogP) is 5.32. The average Bonchev–Trinajstić information content (AvgIpc) is 3.09. The number of hydrogen-bond acceptors (Lipinski definition) is 4. The van der Waals surface area contributed by atoms with E-state index in [4.69, 9.17) is 11.6 Å². The molecule has 0 aliphatic rings. The smallest absolute Gasteiger partial charge is 0.224 e. The third-order valence-corrected chi connectivity index (χ3v) is 4.95. The van der Waals surface area contributed by atoms with Crippen LogP contribution >= 0.6 is 11.6 Å². The molecular formula is C21H20ClN5. The minimum Gasteiger partial charge on any atom is -0.361 e. The molecule has 2 aromatic carbocycles. The van der Waals surface area contributed by atoms with Crippen molar-refractivity contribution in [1.82, 2.24) is 15.0 Å². The fourth-order valence-electron chi connectivity index (χ4n) is 3.04. The van der Waals surface area contributed by atoms with E-state index in [1.807, 2.05) is 37.3 Å². The summed E-state index contributed by atoms with van der Waals surface area (Å²) in [6.07, 6.45) is 4.69. The Labute approximate surface area is 162 Å². The first-order valence-electron chi connectivity index (χ1n) is 8.85. The minimum absolute atomic E-state index is 0.597. The third-order valence-electron chi connectivity index (χ3n) is 4.54. The fraction of sp³-hybridized carbons (Fsp3) is 0.143. The molecule has 4 rings (SSSR count). The van der Waals surface area contributed by atoms with Gasteiger partial charge in [0.25, 0.3) is 0 Å². The van der Waals surface area contributed by atoms with E-state index >= 15 is 0 Å². The topological polar surface area (TPSA) is 65.6 Å². The molecule has 136 valence electrons. The van der Waals surface area contributed by atoms with E-state index in [9.17, 15) is 0 Å². The van der Waals surface area contributed by atoms with Crippen molar-refractivity contribution in [3.63, 3.8) is 0 Å². The maximum atomic E-state index is 6.18. The van der Waals surface area contributed by atoms with Gasteiger partial charge in [0.05, 0.1) is 0 Å². The van der Waals surface area contributed by atoms with E-state index in [1.54, 1.807) is 6.20 Å². The van der Waals surface area contributed by atoms with Crippen LogP contribution in [-0.2, 0) is 6.42 Å². The Morgan fingerprint density at radius 3 is 2.89 bits per heavy atom.